The zero-order valence-electron chi connectivity index (χ0n) is 16.4. The van der Waals surface area contributed by atoms with Gasteiger partial charge in [0.2, 0.25) is 0 Å². The van der Waals surface area contributed by atoms with E-state index in [1.165, 1.54) is 25.6 Å². The van der Waals surface area contributed by atoms with Crippen molar-refractivity contribution in [1.29, 1.82) is 0 Å². The van der Waals surface area contributed by atoms with Gasteiger partial charge >= 0.3 is 0 Å². The third-order valence-corrected chi connectivity index (χ3v) is 5.54. The first kappa shape index (κ1) is 18.5. The van der Waals surface area contributed by atoms with Crippen LogP contribution in [0, 0.1) is 0 Å². The first-order chi connectivity index (χ1) is 13.8. The molecule has 7 heteroatoms. The monoisotopic (exact) mass is 381 g/mol. The molecule has 0 atom stereocenters. The van der Waals surface area contributed by atoms with Crippen molar-refractivity contribution >= 4 is 17.4 Å². The number of carbonyl (C=O) groups is 1. The van der Waals surface area contributed by atoms with Gasteiger partial charge in [0.25, 0.3) is 5.91 Å². The van der Waals surface area contributed by atoms with Crippen LogP contribution in [0.5, 0.6) is 5.75 Å². The van der Waals surface area contributed by atoms with E-state index >= 15 is 0 Å². The summed E-state index contributed by atoms with van der Waals surface area (Å²) >= 11 is 0. The quantitative estimate of drug-likeness (QED) is 0.811. The molecule has 7 nitrogen and oxygen atoms in total. The van der Waals surface area contributed by atoms with E-state index in [1.807, 2.05) is 29.2 Å². The van der Waals surface area contributed by atoms with Crippen LogP contribution in [0.1, 0.15) is 29.8 Å². The second kappa shape index (κ2) is 8.46. The summed E-state index contributed by atoms with van der Waals surface area (Å²) in [7, 11) is 1.69. The number of piperidine rings is 1. The summed E-state index contributed by atoms with van der Waals surface area (Å²) in [6, 6.07) is 9.86. The molecule has 148 valence electrons. The second-order valence-electron chi connectivity index (χ2n) is 7.26. The summed E-state index contributed by atoms with van der Waals surface area (Å²) < 4.78 is 5.47. The lowest BCUT2D eigenvalue weighted by Gasteiger charge is -2.36. The van der Waals surface area contributed by atoms with Crippen molar-refractivity contribution in [1.82, 2.24) is 14.9 Å². The zero-order chi connectivity index (χ0) is 19.3. The molecule has 0 N–H and O–H groups in total. The Morgan fingerprint density at radius 1 is 0.929 bits per heavy atom. The molecule has 28 heavy (non-hydrogen) atoms. The van der Waals surface area contributed by atoms with Gasteiger partial charge in [-0.15, -0.1) is 0 Å². The fraction of sp³-hybridized carbons (Fsp3) is 0.476. The molecule has 0 saturated carbocycles. The van der Waals surface area contributed by atoms with Gasteiger partial charge in [-0.3, -0.25) is 4.79 Å². The number of ether oxygens (including phenoxy) is 1. The van der Waals surface area contributed by atoms with Crippen LogP contribution < -0.4 is 14.5 Å². The Balaban J connectivity index is 1.41. The van der Waals surface area contributed by atoms with Gasteiger partial charge < -0.3 is 19.4 Å². The topological polar surface area (TPSA) is 61.8 Å². The van der Waals surface area contributed by atoms with Crippen molar-refractivity contribution < 1.29 is 9.53 Å². The lowest BCUT2D eigenvalue weighted by atomic mass is 10.1. The summed E-state index contributed by atoms with van der Waals surface area (Å²) in [5.41, 5.74) is 1.56. The minimum atomic E-state index is -0.0136. The highest BCUT2D eigenvalue weighted by Gasteiger charge is 2.25. The van der Waals surface area contributed by atoms with Crippen LogP contribution in [-0.4, -0.2) is 67.2 Å². The highest BCUT2D eigenvalue weighted by molar-refractivity contribution is 5.93. The number of aromatic nitrogens is 2. The number of piperazine rings is 1. The van der Waals surface area contributed by atoms with Crippen molar-refractivity contribution in [3.05, 3.63) is 42.4 Å². The summed E-state index contributed by atoms with van der Waals surface area (Å²) in [5, 5.41) is 0. The molecule has 0 spiro atoms. The number of rotatable bonds is 4. The number of anilines is 2. The number of carbonyl (C=O) groups excluding carboxylic acids is 1. The molecule has 2 saturated heterocycles. The molecule has 0 unspecified atom stereocenters. The molecule has 1 aromatic carbocycles. The van der Waals surface area contributed by atoms with E-state index in [1.54, 1.807) is 7.11 Å². The van der Waals surface area contributed by atoms with Crippen molar-refractivity contribution in [3.63, 3.8) is 0 Å². The molecular formula is C21H27N5O2. The molecule has 0 bridgehead atoms. The molecular weight excluding hydrogens is 354 g/mol. The molecule has 0 aliphatic carbocycles. The highest BCUT2D eigenvalue weighted by atomic mass is 16.5. The highest BCUT2D eigenvalue weighted by Crippen LogP contribution is 2.28. The third kappa shape index (κ3) is 3.88. The summed E-state index contributed by atoms with van der Waals surface area (Å²) in [5.74, 6) is 1.72. The van der Waals surface area contributed by atoms with Crippen molar-refractivity contribution in [2.75, 3.05) is 56.2 Å². The molecule has 0 radical (unpaired) electrons. The van der Waals surface area contributed by atoms with Crippen LogP contribution in [0.25, 0.3) is 0 Å². The summed E-state index contributed by atoms with van der Waals surface area (Å²) in [6.45, 7) is 4.89. The van der Waals surface area contributed by atoms with Gasteiger partial charge in [-0.25, -0.2) is 9.97 Å². The number of hydrogen-bond acceptors (Lipinski definition) is 6. The lowest BCUT2D eigenvalue weighted by molar-refractivity contribution is 0.0740. The zero-order valence-corrected chi connectivity index (χ0v) is 16.4. The van der Waals surface area contributed by atoms with E-state index in [2.05, 4.69) is 25.8 Å². The van der Waals surface area contributed by atoms with Gasteiger partial charge in [0.1, 0.15) is 23.6 Å². The van der Waals surface area contributed by atoms with Crippen LogP contribution in [0.2, 0.25) is 0 Å². The van der Waals surface area contributed by atoms with Crippen LogP contribution in [0.4, 0.5) is 11.5 Å². The first-order valence-electron chi connectivity index (χ1n) is 10.0. The van der Waals surface area contributed by atoms with Gasteiger partial charge in [0.15, 0.2) is 0 Å². The van der Waals surface area contributed by atoms with Crippen LogP contribution >= 0.6 is 0 Å². The maximum absolute atomic E-state index is 13.0. The van der Waals surface area contributed by atoms with E-state index in [9.17, 15) is 4.79 Å². The maximum atomic E-state index is 13.0. The van der Waals surface area contributed by atoms with Crippen LogP contribution in [0.15, 0.2) is 36.7 Å². The fourth-order valence-electron chi connectivity index (χ4n) is 3.96. The SMILES string of the molecule is COc1ccccc1N1CCN(C(=O)c2cc(N3CCCCC3)ncn2)CC1. The van der Waals surface area contributed by atoms with Crippen molar-refractivity contribution in [3.8, 4) is 5.75 Å². The Kier molecular flexibility index (Phi) is 5.60. The van der Waals surface area contributed by atoms with Gasteiger partial charge in [0, 0.05) is 45.3 Å². The van der Waals surface area contributed by atoms with E-state index < -0.39 is 0 Å². The molecule has 4 rings (SSSR count). The van der Waals surface area contributed by atoms with Gasteiger partial charge in [-0.1, -0.05) is 12.1 Å². The van der Waals surface area contributed by atoms with E-state index in [0.717, 1.165) is 43.4 Å². The Morgan fingerprint density at radius 3 is 2.43 bits per heavy atom. The molecule has 1 aromatic heterocycles. The maximum Gasteiger partial charge on any atom is 0.272 e. The second-order valence-corrected chi connectivity index (χ2v) is 7.26. The van der Waals surface area contributed by atoms with Gasteiger partial charge in [-0.2, -0.15) is 0 Å². The molecule has 2 aromatic rings. The number of hydrogen-bond donors (Lipinski definition) is 0. The largest absolute Gasteiger partial charge is 0.495 e. The molecule has 2 aliphatic rings. The number of para-hydroxylation sites is 2. The Labute approximate surface area is 165 Å². The molecule has 3 heterocycles. The van der Waals surface area contributed by atoms with E-state index in [0.29, 0.717) is 18.8 Å². The first-order valence-corrected chi connectivity index (χ1v) is 10.0. The number of amides is 1. The number of methoxy groups -OCH3 is 1. The average molecular weight is 381 g/mol. The fourth-order valence-corrected chi connectivity index (χ4v) is 3.96. The van der Waals surface area contributed by atoms with E-state index in [-0.39, 0.29) is 5.91 Å². The average Bonchev–Trinajstić information content (AvgIpc) is 2.79. The smallest absolute Gasteiger partial charge is 0.272 e. The standard InChI is InChI=1S/C21H27N5O2/c1-28-19-8-4-3-7-18(19)24-11-13-26(14-12-24)21(27)17-15-20(23-16-22-17)25-9-5-2-6-10-25/h3-4,7-8,15-16H,2,5-6,9-14H2,1H3. The predicted octanol–water partition coefficient (Wildman–Crippen LogP) is 2.44. The Hall–Kier alpha value is -2.83. The number of nitrogens with zero attached hydrogens (tertiary/aromatic N) is 5. The van der Waals surface area contributed by atoms with Crippen molar-refractivity contribution in [2.24, 2.45) is 0 Å². The molecule has 2 fully saturated rings. The third-order valence-electron chi connectivity index (χ3n) is 5.54. The minimum absolute atomic E-state index is 0.0136. The molecule has 2 aliphatic heterocycles. The Bertz CT molecular complexity index is 814. The summed E-state index contributed by atoms with van der Waals surface area (Å²) in [4.78, 5) is 28.0. The van der Waals surface area contributed by atoms with Crippen molar-refractivity contribution in [2.45, 2.75) is 19.3 Å². The van der Waals surface area contributed by atoms with Crippen LogP contribution in [-0.2, 0) is 0 Å². The summed E-state index contributed by atoms with van der Waals surface area (Å²) in [6.07, 6.45) is 5.14. The van der Waals surface area contributed by atoms with Crippen LogP contribution in [0.3, 0.4) is 0 Å². The molecule has 1 amide bonds. The Morgan fingerprint density at radius 2 is 1.68 bits per heavy atom. The number of benzene rings is 1. The predicted molar refractivity (Wildman–Crippen MR) is 109 cm³/mol. The van der Waals surface area contributed by atoms with Gasteiger partial charge in [-0.05, 0) is 31.4 Å². The van der Waals surface area contributed by atoms with E-state index in [4.69, 9.17) is 4.74 Å². The minimum Gasteiger partial charge on any atom is -0.495 e. The lowest BCUT2D eigenvalue weighted by Crippen LogP contribution is -2.49. The van der Waals surface area contributed by atoms with Gasteiger partial charge in [0.05, 0.1) is 12.8 Å². The normalized spacial score (nSPS) is 17.5.